The number of amides is 1. The van der Waals surface area contributed by atoms with Gasteiger partial charge in [0.05, 0.1) is 0 Å². The van der Waals surface area contributed by atoms with Gasteiger partial charge >= 0.3 is 0 Å². The first-order valence-corrected chi connectivity index (χ1v) is 6.85. The van der Waals surface area contributed by atoms with E-state index in [9.17, 15) is 4.79 Å². The Morgan fingerprint density at radius 2 is 2.00 bits per heavy atom. The molecule has 0 aromatic heterocycles. The Morgan fingerprint density at radius 3 is 2.60 bits per heavy atom. The Kier molecular flexibility index (Phi) is 5.79. The molecule has 1 amide bonds. The van der Waals surface area contributed by atoms with E-state index in [0.29, 0.717) is 6.54 Å². The first-order chi connectivity index (χ1) is 9.42. The first kappa shape index (κ1) is 16.3. The molecule has 0 heterocycles. The second-order valence-electron chi connectivity index (χ2n) is 5.52. The molecule has 0 radical (unpaired) electrons. The average molecular weight is 273 g/mol. The highest BCUT2D eigenvalue weighted by Gasteiger charge is 2.28. The second-order valence-corrected chi connectivity index (χ2v) is 5.52. The molecule has 0 aliphatic rings. The highest BCUT2D eigenvalue weighted by molar-refractivity contribution is 5.81. The molecule has 1 N–H and O–H groups in total. The largest absolute Gasteiger partial charge is 0.384 e. The van der Waals surface area contributed by atoms with E-state index in [4.69, 9.17) is 5.11 Å². The predicted octanol–water partition coefficient (Wildman–Crippen LogP) is 2.43. The van der Waals surface area contributed by atoms with E-state index in [0.717, 1.165) is 17.5 Å². The summed E-state index contributed by atoms with van der Waals surface area (Å²) in [5.41, 5.74) is 1.51. The summed E-state index contributed by atoms with van der Waals surface area (Å²) in [5, 5.41) is 8.79. The van der Waals surface area contributed by atoms with Crippen molar-refractivity contribution in [1.29, 1.82) is 0 Å². The number of nitrogens with zero attached hydrogens (tertiary/aromatic N) is 1. The summed E-state index contributed by atoms with van der Waals surface area (Å²) in [6.45, 7) is 6.31. The smallest absolute Gasteiger partial charge is 0.228 e. The maximum Gasteiger partial charge on any atom is 0.228 e. The van der Waals surface area contributed by atoms with Crippen LogP contribution in [0.25, 0.3) is 0 Å². The molecule has 0 spiro atoms. The highest BCUT2D eigenvalue weighted by Crippen LogP contribution is 2.23. The van der Waals surface area contributed by atoms with Gasteiger partial charge < -0.3 is 10.0 Å². The molecule has 108 valence electrons. The second kappa shape index (κ2) is 7.12. The van der Waals surface area contributed by atoms with Crippen molar-refractivity contribution in [2.75, 3.05) is 13.7 Å². The van der Waals surface area contributed by atoms with E-state index in [1.807, 2.05) is 52.1 Å². The maximum absolute atomic E-state index is 12.4. The Morgan fingerprint density at radius 1 is 1.35 bits per heavy atom. The van der Waals surface area contributed by atoms with Gasteiger partial charge in [-0.3, -0.25) is 4.79 Å². The fraction of sp³-hybridized carbons (Fsp3) is 0.471. The van der Waals surface area contributed by atoms with Crippen molar-refractivity contribution in [1.82, 2.24) is 4.90 Å². The van der Waals surface area contributed by atoms with Crippen molar-refractivity contribution in [2.24, 2.45) is 5.41 Å². The molecule has 0 unspecified atom stereocenters. The van der Waals surface area contributed by atoms with Crippen LogP contribution in [0.5, 0.6) is 0 Å². The molecule has 1 rings (SSSR count). The Bertz CT molecular complexity index is 523. The minimum Gasteiger partial charge on any atom is -0.384 e. The zero-order valence-corrected chi connectivity index (χ0v) is 12.7. The molecule has 0 aliphatic carbocycles. The number of benzene rings is 1. The average Bonchev–Trinajstić information content (AvgIpc) is 2.45. The van der Waals surface area contributed by atoms with Crippen LogP contribution in [0.2, 0.25) is 0 Å². The monoisotopic (exact) mass is 273 g/mol. The Labute approximate surface area is 121 Å². The summed E-state index contributed by atoms with van der Waals surface area (Å²) < 4.78 is 0. The molecular formula is C17H23NO2. The van der Waals surface area contributed by atoms with Crippen molar-refractivity contribution < 1.29 is 9.90 Å². The van der Waals surface area contributed by atoms with Gasteiger partial charge in [-0.2, -0.15) is 0 Å². The first-order valence-electron chi connectivity index (χ1n) is 6.85. The molecule has 3 nitrogen and oxygen atoms in total. The van der Waals surface area contributed by atoms with Crippen molar-refractivity contribution in [3.05, 3.63) is 35.4 Å². The summed E-state index contributed by atoms with van der Waals surface area (Å²) >= 11 is 0. The van der Waals surface area contributed by atoms with Crippen LogP contribution in [0, 0.1) is 17.3 Å². The standard InChI is InChI=1S/C17H23NO2/c1-5-17(2,3)16(20)18(4)13-15-10-7-6-9-14(15)11-8-12-19/h6-7,9-10,19H,5,12-13H2,1-4H3. The van der Waals surface area contributed by atoms with E-state index < -0.39 is 0 Å². The van der Waals surface area contributed by atoms with Crippen molar-refractivity contribution in [2.45, 2.75) is 33.7 Å². The van der Waals surface area contributed by atoms with Crippen molar-refractivity contribution in [3.8, 4) is 11.8 Å². The molecule has 0 saturated carbocycles. The highest BCUT2D eigenvalue weighted by atomic mass is 16.2. The quantitative estimate of drug-likeness (QED) is 0.856. The number of aliphatic hydroxyl groups is 1. The van der Waals surface area contributed by atoms with Gasteiger partial charge in [-0.15, -0.1) is 0 Å². The van der Waals surface area contributed by atoms with Crippen molar-refractivity contribution >= 4 is 5.91 Å². The molecule has 1 aromatic rings. The SMILES string of the molecule is CCC(C)(C)C(=O)N(C)Cc1ccccc1C#CCO. The van der Waals surface area contributed by atoms with Crippen LogP contribution in [0.1, 0.15) is 38.3 Å². The molecule has 1 aromatic carbocycles. The van der Waals surface area contributed by atoms with Gasteiger partial charge in [-0.25, -0.2) is 0 Å². The fourth-order valence-corrected chi connectivity index (χ4v) is 1.91. The number of hydrogen-bond donors (Lipinski definition) is 1. The van der Waals surface area contributed by atoms with Crippen LogP contribution in [0.3, 0.4) is 0 Å². The summed E-state index contributed by atoms with van der Waals surface area (Å²) in [6.07, 6.45) is 0.808. The van der Waals surface area contributed by atoms with E-state index >= 15 is 0 Å². The number of hydrogen-bond acceptors (Lipinski definition) is 2. The van der Waals surface area contributed by atoms with Crippen LogP contribution in [0.15, 0.2) is 24.3 Å². The van der Waals surface area contributed by atoms with E-state index in [2.05, 4.69) is 11.8 Å². The zero-order chi connectivity index (χ0) is 15.2. The van der Waals surface area contributed by atoms with Gasteiger partial charge in [0.1, 0.15) is 6.61 Å². The van der Waals surface area contributed by atoms with Crippen LogP contribution in [-0.2, 0) is 11.3 Å². The molecule has 0 bridgehead atoms. The predicted molar refractivity (Wildman–Crippen MR) is 81.0 cm³/mol. The minimum absolute atomic E-state index is 0.130. The molecule has 0 fully saturated rings. The van der Waals surface area contributed by atoms with Crippen LogP contribution in [-0.4, -0.2) is 29.6 Å². The lowest BCUT2D eigenvalue weighted by Gasteiger charge is -2.28. The van der Waals surface area contributed by atoms with Crippen LogP contribution >= 0.6 is 0 Å². The third-order valence-corrected chi connectivity index (χ3v) is 3.54. The van der Waals surface area contributed by atoms with E-state index in [1.54, 1.807) is 4.90 Å². The summed E-state index contributed by atoms with van der Waals surface area (Å²) in [6, 6.07) is 7.71. The van der Waals surface area contributed by atoms with Gasteiger partial charge in [0, 0.05) is 24.6 Å². The Balaban J connectivity index is 2.91. The molecule has 3 heteroatoms. The number of aliphatic hydroxyl groups excluding tert-OH is 1. The topological polar surface area (TPSA) is 40.5 Å². The normalized spacial score (nSPS) is 10.7. The summed E-state index contributed by atoms with van der Waals surface area (Å²) in [4.78, 5) is 14.1. The number of rotatable bonds is 4. The van der Waals surface area contributed by atoms with E-state index in [1.165, 1.54) is 0 Å². The maximum atomic E-state index is 12.4. The molecule has 0 saturated heterocycles. The molecule has 0 aliphatic heterocycles. The number of carbonyl (C=O) groups excluding carboxylic acids is 1. The third kappa shape index (κ3) is 4.11. The van der Waals surface area contributed by atoms with Crippen LogP contribution in [0.4, 0.5) is 0 Å². The van der Waals surface area contributed by atoms with Crippen molar-refractivity contribution in [3.63, 3.8) is 0 Å². The van der Waals surface area contributed by atoms with Gasteiger partial charge in [-0.05, 0) is 18.1 Å². The van der Waals surface area contributed by atoms with Crippen LogP contribution < -0.4 is 0 Å². The van der Waals surface area contributed by atoms with Gasteiger partial charge in [0.15, 0.2) is 0 Å². The minimum atomic E-state index is -0.347. The Hall–Kier alpha value is -1.79. The third-order valence-electron chi connectivity index (χ3n) is 3.54. The lowest BCUT2D eigenvalue weighted by atomic mass is 9.88. The summed E-state index contributed by atoms with van der Waals surface area (Å²) in [5.74, 6) is 5.70. The summed E-state index contributed by atoms with van der Waals surface area (Å²) in [7, 11) is 1.82. The zero-order valence-electron chi connectivity index (χ0n) is 12.7. The lowest BCUT2D eigenvalue weighted by molar-refractivity contribution is -0.139. The molecule has 0 atom stereocenters. The lowest BCUT2D eigenvalue weighted by Crippen LogP contribution is -2.37. The molecular weight excluding hydrogens is 250 g/mol. The van der Waals surface area contributed by atoms with Gasteiger partial charge in [0.25, 0.3) is 0 Å². The van der Waals surface area contributed by atoms with Gasteiger partial charge in [0.2, 0.25) is 5.91 Å². The molecule has 20 heavy (non-hydrogen) atoms. The number of carbonyl (C=O) groups is 1. The van der Waals surface area contributed by atoms with E-state index in [-0.39, 0.29) is 17.9 Å². The fourth-order valence-electron chi connectivity index (χ4n) is 1.91. The van der Waals surface area contributed by atoms with Gasteiger partial charge in [-0.1, -0.05) is 50.8 Å².